The summed E-state index contributed by atoms with van der Waals surface area (Å²) in [7, 11) is 0. The second-order valence-electron chi connectivity index (χ2n) is 10.7. The van der Waals surface area contributed by atoms with E-state index in [1.165, 1.54) is 6.42 Å². The van der Waals surface area contributed by atoms with E-state index >= 15 is 0 Å². The summed E-state index contributed by atoms with van der Waals surface area (Å²) in [5.41, 5.74) is 2.17. The Bertz CT molecular complexity index is 869. The monoisotopic (exact) mass is 473 g/mol. The molecule has 0 heterocycles. The van der Waals surface area contributed by atoms with E-state index in [1.807, 2.05) is 45.9 Å². The zero-order valence-corrected chi connectivity index (χ0v) is 22.2. The Kier molecular flexibility index (Phi) is 9.54. The summed E-state index contributed by atoms with van der Waals surface area (Å²) in [6.45, 7) is 14.7. The van der Waals surface area contributed by atoms with Gasteiger partial charge >= 0.3 is 6.09 Å². The number of alkyl carbamates (subject to hydrolysis) is 1. The molecule has 2 N–H and O–H groups in total. The molecule has 7 nitrogen and oxygen atoms in total. The molecule has 190 valence electrons. The van der Waals surface area contributed by atoms with Gasteiger partial charge in [0.05, 0.1) is 0 Å². The molecule has 0 bridgehead atoms. The SMILES string of the molecule is Cc1cccc(C(C(=O)NC2CCCCC2)N(C(=O)C(C)NC(=O)OC(C)(C)C)C(C)C)c1C. The highest BCUT2D eigenvalue weighted by atomic mass is 16.6. The molecule has 0 aromatic heterocycles. The molecule has 1 aromatic carbocycles. The molecule has 2 unspecified atom stereocenters. The minimum absolute atomic E-state index is 0.121. The first-order chi connectivity index (χ1) is 15.8. The maximum atomic E-state index is 13.7. The molecule has 2 rings (SSSR count). The lowest BCUT2D eigenvalue weighted by molar-refractivity contribution is -0.144. The average Bonchev–Trinajstić information content (AvgIpc) is 2.72. The maximum absolute atomic E-state index is 13.7. The van der Waals surface area contributed by atoms with E-state index in [0.717, 1.165) is 42.4 Å². The zero-order chi connectivity index (χ0) is 25.6. The third-order valence-corrected chi connectivity index (χ3v) is 6.33. The fourth-order valence-electron chi connectivity index (χ4n) is 4.46. The van der Waals surface area contributed by atoms with Gasteiger partial charge in [-0.15, -0.1) is 0 Å². The fourth-order valence-corrected chi connectivity index (χ4v) is 4.46. The Labute approximate surface area is 205 Å². The van der Waals surface area contributed by atoms with E-state index < -0.39 is 23.8 Å². The second kappa shape index (κ2) is 11.7. The van der Waals surface area contributed by atoms with Crippen LogP contribution in [-0.2, 0) is 14.3 Å². The van der Waals surface area contributed by atoms with Crippen molar-refractivity contribution in [2.45, 2.75) is 117 Å². The van der Waals surface area contributed by atoms with Crippen molar-refractivity contribution < 1.29 is 19.1 Å². The Morgan fingerprint density at radius 1 is 1.03 bits per heavy atom. The summed E-state index contributed by atoms with van der Waals surface area (Å²) >= 11 is 0. The van der Waals surface area contributed by atoms with Crippen molar-refractivity contribution in [3.63, 3.8) is 0 Å². The van der Waals surface area contributed by atoms with Gasteiger partial charge in [0.2, 0.25) is 11.8 Å². The topological polar surface area (TPSA) is 87.7 Å². The van der Waals surface area contributed by atoms with Gasteiger partial charge in [0.15, 0.2) is 0 Å². The standard InChI is InChI=1S/C27H43N3O4/c1-17(2)30(25(32)20(5)28-26(33)34-27(6,7)8)23(22-16-12-13-18(3)19(22)4)24(31)29-21-14-10-9-11-15-21/h12-13,16-17,20-21,23H,9-11,14-15H2,1-8H3,(H,28,33)(H,29,31). The Morgan fingerprint density at radius 3 is 2.21 bits per heavy atom. The molecule has 3 amide bonds. The second-order valence-corrected chi connectivity index (χ2v) is 10.7. The largest absolute Gasteiger partial charge is 0.444 e. The normalized spacial score (nSPS) is 16.5. The lowest BCUT2D eigenvalue weighted by Gasteiger charge is -2.38. The maximum Gasteiger partial charge on any atom is 0.408 e. The molecule has 1 aliphatic carbocycles. The van der Waals surface area contributed by atoms with E-state index in [2.05, 4.69) is 10.6 Å². The highest BCUT2D eigenvalue weighted by molar-refractivity contribution is 5.92. The summed E-state index contributed by atoms with van der Waals surface area (Å²) in [6, 6.07) is 4.05. The van der Waals surface area contributed by atoms with Gasteiger partial charge in [0, 0.05) is 12.1 Å². The molecule has 1 aromatic rings. The molecule has 0 saturated heterocycles. The van der Waals surface area contributed by atoms with Crippen LogP contribution >= 0.6 is 0 Å². The molecule has 0 spiro atoms. The zero-order valence-electron chi connectivity index (χ0n) is 22.2. The van der Waals surface area contributed by atoms with E-state index in [0.29, 0.717) is 0 Å². The highest BCUT2D eigenvalue weighted by Gasteiger charge is 2.37. The van der Waals surface area contributed by atoms with Crippen LogP contribution in [0.25, 0.3) is 0 Å². The van der Waals surface area contributed by atoms with Gasteiger partial charge in [-0.2, -0.15) is 0 Å². The lowest BCUT2D eigenvalue weighted by atomic mass is 9.92. The number of ether oxygens (including phenoxy) is 1. The average molecular weight is 474 g/mol. The Balaban J connectivity index is 2.39. The number of amides is 3. The lowest BCUT2D eigenvalue weighted by Crippen LogP contribution is -2.55. The van der Waals surface area contributed by atoms with Crippen molar-refractivity contribution in [2.75, 3.05) is 0 Å². The van der Waals surface area contributed by atoms with Crippen LogP contribution in [0.5, 0.6) is 0 Å². The number of carbonyl (C=O) groups excluding carboxylic acids is 3. The van der Waals surface area contributed by atoms with E-state index in [1.54, 1.807) is 32.6 Å². The van der Waals surface area contributed by atoms with Gasteiger partial charge in [-0.25, -0.2) is 4.79 Å². The molecule has 0 radical (unpaired) electrons. The minimum Gasteiger partial charge on any atom is -0.444 e. The van der Waals surface area contributed by atoms with Crippen molar-refractivity contribution in [1.82, 2.24) is 15.5 Å². The number of hydrogen-bond acceptors (Lipinski definition) is 4. The van der Waals surface area contributed by atoms with Crippen LogP contribution in [0.2, 0.25) is 0 Å². The van der Waals surface area contributed by atoms with Crippen molar-refractivity contribution in [3.8, 4) is 0 Å². The van der Waals surface area contributed by atoms with Crippen LogP contribution in [0.1, 0.15) is 96.4 Å². The highest BCUT2D eigenvalue weighted by Crippen LogP contribution is 2.30. The van der Waals surface area contributed by atoms with Gasteiger partial charge in [-0.05, 0) is 84.9 Å². The van der Waals surface area contributed by atoms with E-state index in [4.69, 9.17) is 4.74 Å². The van der Waals surface area contributed by atoms with Crippen LogP contribution < -0.4 is 10.6 Å². The number of rotatable bonds is 7. The van der Waals surface area contributed by atoms with Crippen LogP contribution in [-0.4, -0.2) is 46.5 Å². The first kappa shape index (κ1) is 27.7. The molecule has 1 aliphatic rings. The Hall–Kier alpha value is -2.57. The first-order valence-electron chi connectivity index (χ1n) is 12.5. The number of hydrogen-bond donors (Lipinski definition) is 2. The molecule has 0 aliphatic heterocycles. The third kappa shape index (κ3) is 7.47. The van der Waals surface area contributed by atoms with E-state index in [-0.39, 0.29) is 23.9 Å². The Morgan fingerprint density at radius 2 is 1.65 bits per heavy atom. The van der Waals surface area contributed by atoms with Crippen LogP contribution in [0, 0.1) is 13.8 Å². The van der Waals surface area contributed by atoms with Crippen LogP contribution in [0.15, 0.2) is 18.2 Å². The number of benzene rings is 1. The third-order valence-electron chi connectivity index (χ3n) is 6.33. The summed E-state index contributed by atoms with van der Waals surface area (Å²) in [5.74, 6) is -0.502. The molecule has 7 heteroatoms. The van der Waals surface area contributed by atoms with E-state index in [9.17, 15) is 14.4 Å². The summed E-state index contributed by atoms with van der Waals surface area (Å²) < 4.78 is 5.33. The van der Waals surface area contributed by atoms with Gasteiger partial charge in [-0.1, -0.05) is 37.5 Å². The molecular weight excluding hydrogens is 430 g/mol. The van der Waals surface area contributed by atoms with Gasteiger partial charge in [0.1, 0.15) is 17.7 Å². The van der Waals surface area contributed by atoms with Crippen molar-refractivity contribution in [2.24, 2.45) is 0 Å². The summed E-state index contributed by atoms with van der Waals surface area (Å²) in [6.07, 6.45) is 4.64. The predicted molar refractivity (Wildman–Crippen MR) is 134 cm³/mol. The van der Waals surface area contributed by atoms with Gasteiger partial charge < -0.3 is 20.3 Å². The quantitative estimate of drug-likeness (QED) is 0.587. The van der Waals surface area contributed by atoms with Gasteiger partial charge in [-0.3, -0.25) is 9.59 Å². The summed E-state index contributed by atoms with van der Waals surface area (Å²) in [5, 5.41) is 5.86. The minimum atomic E-state index is -0.854. The fraction of sp³-hybridized carbons (Fsp3) is 0.667. The molecular formula is C27H43N3O4. The number of nitrogens with zero attached hydrogens (tertiary/aromatic N) is 1. The predicted octanol–water partition coefficient (Wildman–Crippen LogP) is 4.94. The van der Waals surface area contributed by atoms with Crippen LogP contribution in [0.3, 0.4) is 0 Å². The first-order valence-corrected chi connectivity index (χ1v) is 12.5. The van der Waals surface area contributed by atoms with Crippen LogP contribution in [0.4, 0.5) is 4.79 Å². The van der Waals surface area contributed by atoms with Crippen molar-refractivity contribution in [1.29, 1.82) is 0 Å². The molecule has 1 saturated carbocycles. The van der Waals surface area contributed by atoms with Crippen molar-refractivity contribution >= 4 is 17.9 Å². The molecule has 2 atom stereocenters. The number of aryl methyl sites for hydroxylation is 1. The molecule has 34 heavy (non-hydrogen) atoms. The number of carbonyl (C=O) groups is 3. The molecule has 1 fully saturated rings. The summed E-state index contributed by atoms with van der Waals surface area (Å²) in [4.78, 5) is 41.3. The smallest absolute Gasteiger partial charge is 0.408 e. The van der Waals surface area contributed by atoms with Gasteiger partial charge in [0.25, 0.3) is 0 Å². The van der Waals surface area contributed by atoms with Crippen molar-refractivity contribution in [3.05, 3.63) is 34.9 Å². The number of nitrogens with one attached hydrogen (secondary N) is 2.